The summed E-state index contributed by atoms with van der Waals surface area (Å²) in [6, 6.07) is 7.48. The molecule has 0 saturated carbocycles. The van der Waals surface area contributed by atoms with Gasteiger partial charge in [-0.25, -0.2) is 9.97 Å². The fourth-order valence-electron chi connectivity index (χ4n) is 1.96. The number of carbonyl (C=O) groups excluding carboxylic acids is 1. The highest BCUT2D eigenvalue weighted by atomic mass is 35.5. The summed E-state index contributed by atoms with van der Waals surface area (Å²) in [5.41, 5.74) is 1.86. The third kappa shape index (κ3) is 3.77. The van der Waals surface area contributed by atoms with E-state index in [2.05, 4.69) is 15.3 Å². The number of rotatable bonds is 4. The van der Waals surface area contributed by atoms with Gasteiger partial charge in [0.2, 0.25) is 0 Å². The average molecular weight is 306 g/mol. The molecular weight excluding hydrogens is 290 g/mol. The van der Waals surface area contributed by atoms with E-state index in [0.29, 0.717) is 5.82 Å². The number of aromatic nitrogens is 2. The largest absolute Gasteiger partial charge is 0.387 e. The summed E-state index contributed by atoms with van der Waals surface area (Å²) in [6.07, 6.45) is 0.605. The molecule has 1 aromatic carbocycles. The lowest BCUT2D eigenvalue weighted by Gasteiger charge is -2.14. The first kappa shape index (κ1) is 15.4. The molecule has 0 aliphatic carbocycles. The molecule has 0 bridgehead atoms. The highest BCUT2D eigenvalue weighted by molar-refractivity contribution is 6.33. The second-order valence-electron chi connectivity index (χ2n) is 4.70. The van der Waals surface area contributed by atoms with E-state index in [1.165, 1.54) is 6.20 Å². The number of aryl methyl sites for hydroxylation is 2. The number of aliphatic hydroxyl groups excluding tert-OH is 1. The summed E-state index contributed by atoms with van der Waals surface area (Å²) in [6.45, 7) is 3.67. The Morgan fingerprint density at radius 3 is 2.81 bits per heavy atom. The van der Waals surface area contributed by atoms with Crippen molar-refractivity contribution >= 4 is 17.5 Å². The van der Waals surface area contributed by atoms with E-state index in [9.17, 15) is 9.90 Å². The molecule has 1 atom stereocenters. The first-order chi connectivity index (χ1) is 9.99. The zero-order chi connectivity index (χ0) is 15.4. The van der Waals surface area contributed by atoms with Crippen LogP contribution < -0.4 is 5.32 Å². The van der Waals surface area contributed by atoms with Crippen molar-refractivity contribution in [3.05, 3.63) is 58.1 Å². The van der Waals surface area contributed by atoms with Gasteiger partial charge in [-0.3, -0.25) is 4.79 Å². The number of nitrogens with one attached hydrogen (secondary N) is 1. The normalized spacial score (nSPS) is 12.0. The summed E-state index contributed by atoms with van der Waals surface area (Å²) < 4.78 is 0. The summed E-state index contributed by atoms with van der Waals surface area (Å²) in [5, 5.41) is 13.0. The predicted molar refractivity (Wildman–Crippen MR) is 80.3 cm³/mol. The van der Waals surface area contributed by atoms with Gasteiger partial charge in [0.25, 0.3) is 5.91 Å². The predicted octanol–water partition coefficient (Wildman–Crippen LogP) is 2.21. The molecule has 110 valence electrons. The zero-order valence-electron chi connectivity index (χ0n) is 11.8. The Kier molecular flexibility index (Phi) is 4.88. The van der Waals surface area contributed by atoms with Crippen molar-refractivity contribution in [2.45, 2.75) is 20.0 Å². The number of hydrogen-bond donors (Lipinski definition) is 2. The van der Waals surface area contributed by atoms with Crippen LogP contribution in [-0.2, 0) is 0 Å². The van der Waals surface area contributed by atoms with Gasteiger partial charge in [0, 0.05) is 6.54 Å². The Balaban J connectivity index is 2.04. The van der Waals surface area contributed by atoms with E-state index in [0.717, 1.165) is 11.1 Å². The van der Waals surface area contributed by atoms with Crippen LogP contribution in [0.4, 0.5) is 0 Å². The molecule has 1 amide bonds. The van der Waals surface area contributed by atoms with Gasteiger partial charge < -0.3 is 10.4 Å². The van der Waals surface area contributed by atoms with Crippen molar-refractivity contribution in [3.8, 4) is 0 Å². The topological polar surface area (TPSA) is 75.1 Å². The molecule has 0 spiro atoms. The van der Waals surface area contributed by atoms with Crippen molar-refractivity contribution in [3.63, 3.8) is 0 Å². The van der Waals surface area contributed by atoms with E-state index in [1.54, 1.807) is 6.92 Å². The number of halogens is 1. The third-order valence-corrected chi connectivity index (χ3v) is 3.36. The molecule has 1 unspecified atom stereocenters. The van der Waals surface area contributed by atoms with E-state index in [-0.39, 0.29) is 17.3 Å². The van der Waals surface area contributed by atoms with Crippen molar-refractivity contribution < 1.29 is 9.90 Å². The molecule has 2 rings (SSSR count). The third-order valence-electron chi connectivity index (χ3n) is 3.08. The molecule has 0 aliphatic rings. The van der Waals surface area contributed by atoms with Crippen LogP contribution in [0.15, 0.2) is 30.5 Å². The summed E-state index contributed by atoms with van der Waals surface area (Å²) in [7, 11) is 0. The minimum atomic E-state index is -0.781. The number of amides is 1. The standard InChI is InChI=1S/C15H16ClN3O2/c1-9-5-3-4-6-11(9)13(20)8-18-15(21)14-12(16)7-17-10(2)19-14/h3-7,13,20H,8H2,1-2H3,(H,18,21). The molecule has 0 fully saturated rings. The first-order valence-corrected chi connectivity index (χ1v) is 6.87. The van der Waals surface area contributed by atoms with E-state index in [4.69, 9.17) is 11.6 Å². The van der Waals surface area contributed by atoms with Crippen molar-refractivity contribution in [2.24, 2.45) is 0 Å². The minimum Gasteiger partial charge on any atom is -0.387 e. The van der Waals surface area contributed by atoms with Crippen molar-refractivity contribution in [2.75, 3.05) is 6.54 Å². The highest BCUT2D eigenvalue weighted by Crippen LogP contribution is 2.17. The molecule has 1 heterocycles. The summed E-state index contributed by atoms with van der Waals surface area (Å²) in [5.74, 6) is 0.0298. The van der Waals surface area contributed by atoms with Crippen molar-refractivity contribution in [1.82, 2.24) is 15.3 Å². The SMILES string of the molecule is Cc1ncc(Cl)c(C(=O)NCC(O)c2ccccc2C)n1. The van der Waals surface area contributed by atoms with Gasteiger partial charge in [-0.05, 0) is 25.0 Å². The molecule has 21 heavy (non-hydrogen) atoms. The maximum atomic E-state index is 12.0. The van der Waals surface area contributed by atoms with Crippen LogP contribution in [0.1, 0.15) is 33.5 Å². The van der Waals surface area contributed by atoms with Gasteiger partial charge in [-0.2, -0.15) is 0 Å². The molecule has 2 aromatic rings. The summed E-state index contributed by atoms with van der Waals surface area (Å²) in [4.78, 5) is 19.9. The zero-order valence-corrected chi connectivity index (χ0v) is 12.6. The van der Waals surface area contributed by atoms with E-state index in [1.807, 2.05) is 31.2 Å². The second-order valence-corrected chi connectivity index (χ2v) is 5.10. The molecule has 5 nitrogen and oxygen atoms in total. The number of hydrogen-bond acceptors (Lipinski definition) is 4. The Morgan fingerprint density at radius 2 is 2.10 bits per heavy atom. The average Bonchev–Trinajstić information content (AvgIpc) is 2.47. The van der Waals surface area contributed by atoms with Gasteiger partial charge in [0.1, 0.15) is 11.5 Å². The molecule has 6 heteroatoms. The van der Waals surface area contributed by atoms with Crippen LogP contribution in [-0.4, -0.2) is 27.5 Å². The van der Waals surface area contributed by atoms with Crippen LogP contribution >= 0.6 is 11.6 Å². The Labute approximate surface area is 128 Å². The van der Waals surface area contributed by atoms with Crippen LogP contribution in [0.2, 0.25) is 5.02 Å². The fourth-order valence-corrected chi connectivity index (χ4v) is 2.14. The van der Waals surface area contributed by atoms with Crippen molar-refractivity contribution in [1.29, 1.82) is 0 Å². The van der Waals surface area contributed by atoms with E-state index < -0.39 is 12.0 Å². The fraction of sp³-hybridized carbons (Fsp3) is 0.267. The molecule has 0 aliphatic heterocycles. The number of nitrogens with zero attached hydrogens (tertiary/aromatic N) is 2. The van der Waals surface area contributed by atoms with Gasteiger partial charge >= 0.3 is 0 Å². The number of benzene rings is 1. The van der Waals surface area contributed by atoms with Crippen LogP contribution in [0.3, 0.4) is 0 Å². The maximum Gasteiger partial charge on any atom is 0.271 e. The molecule has 0 saturated heterocycles. The molecule has 2 N–H and O–H groups in total. The maximum absolute atomic E-state index is 12.0. The Hall–Kier alpha value is -1.98. The second kappa shape index (κ2) is 6.65. The lowest BCUT2D eigenvalue weighted by molar-refractivity contribution is 0.0910. The molecule has 1 aromatic heterocycles. The number of aliphatic hydroxyl groups is 1. The summed E-state index contributed by atoms with van der Waals surface area (Å²) >= 11 is 5.90. The monoisotopic (exact) mass is 305 g/mol. The molecule has 0 radical (unpaired) electrons. The lowest BCUT2D eigenvalue weighted by Crippen LogP contribution is -2.29. The van der Waals surface area contributed by atoms with Gasteiger partial charge in [0.05, 0.1) is 17.3 Å². The van der Waals surface area contributed by atoms with Gasteiger partial charge in [-0.15, -0.1) is 0 Å². The van der Waals surface area contributed by atoms with Gasteiger partial charge in [0.15, 0.2) is 0 Å². The smallest absolute Gasteiger partial charge is 0.271 e. The highest BCUT2D eigenvalue weighted by Gasteiger charge is 2.16. The number of carbonyl (C=O) groups is 1. The Morgan fingerprint density at radius 1 is 1.38 bits per heavy atom. The van der Waals surface area contributed by atoms with Gasteiger partial charge in [-0.1, -0.05) is 35.9 Å². The molecular formula is C15H16ClN3O2. The van der Waals surface area contributed by atoms with Crippen LogP contribution in [0.5, 0.6) is 0 Å². The lowest BCUT2D eigenvalue weighted by atomic mass is 10.0. The first-order valence-electron chi connectivity index (χ1n) is 6.50. The van der Waals surface area contributed by atoms with Crippen LogP contribution in [0.25, 0.3) is 0 Å². The van der Waals surface area contributed by atoms with E-state index >= 15 is 0 Å². The van der Waals surface area contributed by atoms with Crippen LogP contribution in [0, 0.1) is 13.8 Å². The minimum absolute atomic E-state index is 0.0864. The quantitative estimate of drug-likeness (QED) is 0.908. The Bertz CT molecular complexity index is 661.